The Hall–Kier alpha value is -1.88. The summed E-state index contributed by atoms with van der Waals surface area (Å²) >= 11 is 1.34. The maximum absolute atomic E-state index is 11.4. The third kappa shape index (κ3) is 2.76. The van der Waals surface area contributed by atoms with E-state index in [0.717, 1.165) is 10.5 Å². The minimum atomic E-state index is -0.966. The van der Waals surface area contributed by atoms with E-state index in [0.29, 0.717) is 16.3 Å². The van der Waals surface area contributed by atoms with Gasteiger partial charge in [-0.2, -0.15) is 5.10 Å². The third-order valence-corrected chi connectivity index (χ3v) is 4.09. The van der Waals surface area contributed by atoms with Crippen LogP contribution >= 0.6 is 11.8 Å². The zero-order valence-corrected chi connectivity index (χ0v) is 11.8. The molecule has 19 heavy (non-hydrogen) atoms. The summed E-state index contributed by atoms with van der Waals surface area (Å²) < 4.78 is 0. The smallest absolute Gasteiger partial charge is 0.338 e. The number of carboxylic acid groups (broad SMARTS) is 1. The summed E-state index contributed by atoms with van der Waals surface area (Å²) in [6.45, 7) is 5.50. The lowest BCUT2D eigenvalue weighted by Gasteiger charge is -2.09. The molecular weight excluding hydrogens is 260 g/mol. The second-order valence-electron chi connectivity index (χ2n) is 4.26. The molecule has 0 unspecified atom stereocenters. The maximum atomic E-state index is 11.4. The summed E-state index contributed by atoms with van der Waals surface area (Å²) in [5.41, 5.74) is 2.63. The van der Waals surface area contributed by atoms with Crippen LogP contribution in [0.15, 0.2) is 34.2 Å². The maximum Gasteiger partial charge on any atom is 0.338 e. The number of aromatic carboxylic acids is 1. The molecule has 1 aromatic heterocycles. The Morgan fingerprint density at radius 1 is 1.16 bits per heavy atom. The van der Waals surface area contributed by atoms with Gasteiger partial charge in [0.25, 0.3) is 0 Å². The lowest BCUT2D eigenvalue weighted by Crippen LogP contribution is -2.08. The Labute approximate surface area is 115 Å². The molecule has 2 rings (SSSR count). The number of aryl methyl sites for hydroxylation is 2. The van der Waals surface area contributed by atoms with E-state index in [1.54, 1.807) is 13.8 Å². The van der Waals surface area contributed by atoms with Crippen LogP contribution in [0.2, 0.25) is 0 Å². The van der Waals surface area contributed by atoms with Gasteiger partial charge in [-0.1, -0.05) is 30.0 Å². The van der Waals surface area contributed by atoms with Gasteiger partial charge < -0.3 is 5.11 Å². The molecule has 0 aliphatic carbocycles. The first kappa shape index (κ1) is 13.5. The van der Waals surface area contributed by atoms with Gasteiger partial charge in [-0.05, 0) is 38.0 Å². The number of carboxylic acids is 1. The van der Waals surface area contributed by atoms with Crippen molar-refractivity contribution in [1.82, 2.24) is 10.2 Å². The summed E-state index contributed by atoms with van der Waals surface area (Å²) in [6, 6.07) is 7.80. The van der Waals surface area contributed by atoms with E-state index in [9.17, 15) is 9.90 Å². The average molecular weight is 274 g/mol. The Morgan fingerprint density at radius 2 is 1.84 bits per heavy atom. The molecule has 0 saturated heterocycles. The summed E-state index contributed by atoms with van der Waals surface area (Å²) in [7, 11) is 0. The highest BCUT2D eigenvalue weighted by atomic mass is 32.2. The highest BCUT2D eigenvalue weighted by molar-refractivity contribution is 7.99. The van der Waals surface area contributed by atoms with Crippen molar-refractivity contribution in [2.75, 3.05) is 0 Å². The minimum Gasteiger partial charge on any atom is -0.478 e. The van der Waals surface area contributed by atoms with E-state index >= 15 is 0 Å². The molecule has 1 N–H and O–H groups in total. The van der Waals surface area contributed by atoms with Gasteiger partial charge in [-0.3, -0.25) is 0 Å². The number of aromatic nitrogens is 2. The molecule has 2 aromatic rings. The van der Waals surface area contributed by atoms with Crippen LogP contribution in [0.5, 0.6) is 0 Å². The number of hydrogen-bond acceptors (Lipinski definition) is 4. The van der Waals surface area contributed by atoms with Gasteiger partial charge in [0.05, 0.1) is 11.3 Å². The van der Waals surface area contributed by atoms with Crippen LogP contribution in [0, 0.1) is 20.8 Å². The summed E-state index contributed by atoms with van der Waals surface area (Å²) in [5, 5.41) is 17.8. The van der Waals surface area contributed by atoms with Crippen molar-refractivity contribution in [1.29, 1.82) is 0 Å². The van der Waals surface area contributed by atoms with Gasteiger partial charge in [-0.15, -0.1) is 5.10 Å². The van der Waals surface area contributed by atoms with Crippen molar-refractivity contribution in [3.05, 3.63) is 46.6 Å². The van der Waals surface area contributed by atoms with Gasteiger partial charge in [0.15, 0.2) is 0 Å². The van der Waals surface area contributed by atoms with Gasteiger partial charge in [0, 0.05) is 4.90 Å². The largest absolute Gasteiger partial charge is 0.478 e. The van der Waals surface area contributed by atoms with Crippen LogP contribution in [-0.2, 0) is 0 Å². The van der Waals surface area contributed by atoms with Crippen molar-refractivity contribution < 1.29 is 9.90 Å². The van der Waals surface area contributed by atoms with E-state index in [4.69, 9.17) is 0 Å². The number of hydrogen-bond donors (Lipinski definition) is 1. The van der Waals surface area contributed by atoms with Crippen molar-refractivity contribution in [3.63, 3.8) is 0 Å². The third-order valence-electron chi connectivity index (χ3n) is 2.94. The van der Waals surface area contributed by atoms with E-state index in [1.807, 2.05) is 31.2 Å². The lowest BCUT2D eigenvalue weighted by molar-refractivity contribution is 0.0690. The molecule has 0 aliphatic rings. The van der Waals surface area contributed by atoms with Crippen molar-refractivity contribution in [3.8, 4) is 0 Å². The van der Waals surface area contributed by atoms with Crippen molar-refractivity contribution >= 4 is 17.7 Å². The van der Waals surface area contributed by atoms with Crippen molar-refractivity contribution in [2.24, 2.45) is 0 Å². The first-order valence-electron chi connectivity index (χ1n) is 5.81. The van der Waals surface area contributed by atoms with Crippen LogP contribution in [0.25, 0.3) is 0 Å². The summed E-state index contributed by atoms with van der Waals surface area (Å²) in [5.74, 6) is -0.966. The van der Waals surface area contributed by atoms with Crippen LogP contribution < -0.4 is 0 Å². The molecule has 0 fully saturated rings. The fourth-order valence-electron chi connectivity index (χ4n) is 1.69. The van der Waals surface area contributed by atoms with Crippen LogP contribution in [-0.4, -0.2) is 21.3 Å². The molecule has 98 valence electrons. The van der Waals surface area contributed by atoms with Crippen molar-refractivity contribution in [2.45, 2.75) is 30.7 Å². The van der Waals surface area contributed by atoms with E-state index in [-0.39, 0.29) is 5.56 Å². The van der Waals surface area contributed by atoms with Gasteiger partial charge in [0.1, 0.15) is 5.03 Å². The molecule has 0 saturated carbocycles. The zero-order chi connectivity index (χ0) is 14.0. The molecule has 1 heterocycles. The van der Waals surface area contributed by atoms with E-state index in [2.05, 4.69) is 10.2 Å². The zero-order valence-electron chi connectivity index (χ0n) is 11.0. The average Bonchev–Trinajstić information content (AvgIpc) is 2.36. The normalized spacial score (nSPS) is 10.5. The van der Waals surface area contributed by atoms with Crippen LogP contribution in [0.3, 0.4) is 0 Å². The van der Waals surface area contributed by atoms with E-state index < -0.39 is 5.97 Å². The molecule has 1 aromatic carbocycles. The number of benzene rings is 1. The fraction of sp³-hybridized carbons (Fsp3) is 0.214. The molecule has 0 atom stereocenters. The molecule has 4 nitrogen and oxygen atoms in total. The van der Waals surface area contributed by atoms with Crippen LogP contribution in [0.1, 0.15) is 27.2 Å². The predicted molar refractivity (Wildman–Crippen MR) is 73.8 cm³/mol. The Bertz CT molecular complexity index is 641. The summed E-state index contributed by atoms with van der Waals surface area (Å²) in [4.78, 5) is 12.4. The minimum absolute atomic E-state index is 0.237. The first-order chi connectivity index (χ1) is 9.00. The molecule has 0 amide bonds. The number of carbonyl (C=O) groups is 1. The van der Waals surface area contributed by atoms with Gasteiger partial charge in [-0.25, -0.2) is 4.79 Å². The molecule has 0 bridgehead atoms. The lowest BCUT2D eigenvalue weighted by atomic mass is 10.1. The number of rotatable bonds is 3. The van der Waals surface area contributed by atoms with Crippen LogP contribution in [0.4, 0.5) is 0 Å². The number of nitrogens with zero attached hydrogens (tertiary/aromatic N) is 2. The van der Waals surface area contributed by atoms with Gasteiger partial charge in [0.2, 0.25) is 0 Å². The molecule has 0 spiro atoms. The molecular formula is C14H14N2O2S. The van der Waals surface area contributed by atoms with E-state index in [1.165, 1.54) is 11.8 Å². The molecule has 5 heteroatoms. The topological polar surface area (TPSA) is 63.1 Å². The standard InChI is InChI=1S/C14H14N2O2S/c1-8-6-4-5-7-11(8)19-13-12(14(17)18)9(2)10(3)15-16-13/h4-7H,1-3H3,(H,17,18). The second-order valence-corrected chi connectivity index (χ2v) is 5.29. The Kier molecular flexibility index (Phi) is 3.85. The monoisotopic (exact) mass is 274 g/mol. The second kappa shape index (κ2) is 5.40. The quantitative estimate of drug-likeness (QED) is 0.930. The SMILES string of the molecule is Cc1ccccc1Sc1nnc(C)c(C)c1C(=O)O. The predicted octanol–water partition coefficient (Wildman–Crippen LogP) is 3.25. The highest BCUT2D eigenvalue weighted by Crippen LogP contribution is 2.32. The Morgan fingerprint density at radius 3 is 2.47 bits per heavy atom. The first-order valence-corrected chi connectivity index (χ1v) is 6.63. The summed E-state index contributed by atoms with van der Waals surface area (Å²) in [6.07, 6.45) is 0. The molecule has 0 aliphatic heterocycles. The Balaban J connectivity index is 2.49. The fourth-order valence-corrected chi connectivity index (χ4v) is 2.69. The molecule has 0 radical (unpaired) electrons. The van der Waals surface area contributed by atoms with Gasteiger partial charge >= 0.3 is 5.97 Å². The highest BCUT2D eigenvalue weighted by Gasteiger charge is 2.18.